The van der Waals surface area contributed by atoms with E-state index in [9.17, 15) is 4.79 Å². The first-order valence-corrected chi connectivity index (χ1v) is 7.94. The first-order chi connectivity index (χ1) is 9.13. The molecule has 3 aliphatic rings. The van der Waals surface area contributed by atoms with Crippen LogP contribution >= 0.6 is 0 Å². The van der Waals surface area contributed by atoms with Crippen LogP contribution < -0.4 is 11.1 Å². The van der Waals surface area contributed by atoms with Crippen LogP contribution in [0.15, 0.2) is 0 Å². The zero-order valence-electron chi connectivity index (χ0n) is 12.0. The van der Waals surface area contributed by atoms with Gasteiger partial charge in [-0.15, -0.1) is 0 Å². The largest absolute Gasteiger partial charge is 0.369 e. The fraction of sp³-hybridized carbons (Fsp3) is 0.933. The number of likely N-dealkylation sites (tertiary alicyclic amines) is 1. The molecule has 4 nitrogen and oxygen atoms in total. The second-order valence-corrected chi connectivity index (χ2v) is 6.83. The van der Waals surface area contributed by atoms with E-state index in [1.54, 1.807) is 0 Å². The van der Waals surface area contributed by atoms with Crippen molar-refractivity contribution in [3.8, 4) is 0 Å². The Bertz CT molecular complexity index is 334. The molecule has 2 unspecified atom stereocenters. The van der Waals surface area contributed by atoms with E-state index in [0.717, 1.165) is 37.8 Å². The van der Waals surface area contributed by atoms with Crippen LogP contribution in [0.4, 0.5) is 0 Å². The summed E-state index contributed by atoms with van der Waals surface area (Å²) >= 11 is 0. The SMILES string of the molecule is CC1CC(NC2CCC(C(N)=O)CC2)CN1C1CC1. The summed E-state index contributed by atoms with van der Waals surface area (Å²) in [6, 6.07) is 2.89. The zero-order chi connectivity index (χ0) is 13.4. The van der Waals surface area contributed by atoms with Gasteiger partial charge in [0.25, 0.3) is 0 Å². The molecule has 0 aromatic heterocycles. The van der Waals surface area contributed by atoms with Crippen LogP contribution in [0, 0.1) is 5.92 Å². The maximum atomic E-state index is 11.2. The monoisotopic (exact) mass is 265 g/mol. The van der Waals surface area contributed by atoms with Crippen LogP contribution in [-0.2, 0) is 4.79 Å². The van der Waals surface area contributed by atoms with Crippen LogP contribution in [-0.4, -0.2) is 41.5 Å². The molecule has 3 fully saturated rings. The van der Waals surface area contributed by atoms with Crippen molar-refractivity contribution < 1.29 is 4.79 Å². The lowest BCUT2D eigenvalue weighted by atomic mass is 9.85. The summed E-state index contributed by atoms with van der Waals surface area (Å²) in [5.74, 6) is 0.0244. The standard InChI is InChI=1S/C15H27N3O/c1-10-8-13(9-18(10)14-6-7-14)17-12-4-2-11(3-5-12)15(16)19/h10-14,17H,2-9H2,1H3,(H2,16,19). The van der Waals surface area contributed by atoms with Gasteiger partial charge in [0.15, 0.2) is 0 Å². The fourth-order valence-corrected chi connectivity index (χ4v) is 3.97. The number of carbonyl (C=O) groups is 1. The summed E-state index contributed by atoms with van der Waals surface area (Å²) in [4.78, 5) is 13.9. The number of primary amides is 1. The first kappa shape index (κ1) is 13.4. The van der Waals surface area contributed by atoms with Crippen LogP contribution in [0.2, 0.25) is 0 Å². The van der Waals surface area contributed by atoms with Gasteiger partial charge in [0, 0.05) is 36.6 Å². The van der Waals surface area contributed by atoms with Gasteiger partial charge in [-0.2, -0.15) is 0 Å². The van der Waals surface area contributed by atoms with E-state index in [-0.39, 0.29) is 11.8 Å². The average Bonchev–Trinajstić information content (AvgIpc) is 3.15. The lowest BCUT2D eigenvalue weighted by Crippen LogP contribution is -2.43. The summed E-state index contributed by atoms with van der Waals surface area (Å²) in [5, 5.41) is 3.83. The molecule has 1 aliphatic heterocycles. The lowest BCUT2D eigenvalue weighted by molar-refractivity contribution is -0.122. The second-order valence-electron chi connectivity index (χ2n) is 6.83. The molecule has 1 heterocycles. The van der Waals surface area contributed by atoms with Crippen molar-refractivity contribution in [2.24, 2.45) is 11.7 Å². The summed E-state index contributed by atoms with van der Waals surface area (Å²) in [7, 11) is 0. The smallest absolute Gasteiger partial charge is 0.220 e. The highest BCUT2D eigenvalue weighted by molar-refractivity contribution is 5.76. The molecule has 2 aliphatic carbocycles. The summed E-state index contributed by atoms with van der Waals surface area (Å²) in [6.07, 6.45) is 8.26. The minimum atomic E-state index is -0.104. The van der Waals surface area contributed by atoms with Crippen molar-refractivity contribution >= 4 is 5.91 Å². The minimum absolute atomic E-state index is 0.104. The van der Waals surface area contributed by atoms with Crippen molar-refractivity contribution in [2.45, 2.75) is 76.0 Å². The van der Waals surface area contributed by atoms with Crippen molar-refractivity contribution in [1.29, 1.82) is 0 Å². The maximum Gasteiger partial charge on any atom is 0.220 e. The Morgan fingerprint density at radius 1 is 1.11 bits per heavy atom. The molecule has 0 spiro atoms. The van der Waals surface area contributed by atoms with Gasteiger partial charge in [-0.3, -0.25) is 9.69 Å². The predicted molar refractivity (Wildman–Crippen MR) is 75.7 cm³/mol. The molecule has 108 valence electrons. The number of rotatable bonds is 4. The van der Waals surface area contributed by atoms with Gasteiger partial charge in [-0.1, -0.05) is 0 Å². The lowest BCUT2D eigenvalue weighted by Gasteiger charge is -2.30. The van der Waals surface area contributed by atoms with Crippen molar-refractivity contribution in [3.63, 3.8) is 0 Å². The zero-order valence-corrected chi connectivity index (χ0v) is 12.0. The normalized spacial score (nSPS) is 40.5. The highest BCUT2D eigenvalue weighted by Crippen LogP contribution is 2.34. The number of hydrogen-bond donors (Lipinski definition) is 2. The Morgan fingerprint density at radius 2 is 1.79 bits per heavy atom. The molecule has 0 radical (unpaired) electrons. The molecule has 0 aromatic rings. The third-order valence-corrected chi connectivity index (χ3v) is 5.24. The number of nitrogens with two attached hydrogens (primary N) is 1. The number of amides is 1. The van der Waals surface area contributed by atoms with E-state index in [1.165, 1.54) is 25.8 Å². The molecule has 1 amide bonds. The minimum Gasteiger partial charge on any atom is -0.369 e. The van der Waals surface area contributed by atoms with Crippen molar-refractivity contribution in [2.75, 3.05) is 6.54 Å². The van der Waals surface area contributed by atoms with Crippen molar-refractivity contribution in [1.82, 2.24) is 10.2 Å². The number of carbonyl (C=O) groups excluding carboxylic acids is 1. The number of hydrogen-bond acceptors (Lipinski definition) is 3. The number of nitrogens with zero attached hydrogens (tertiary/aromatic N) is 1. The summed E-state index contributed by atoms with van der Waals surface area (Å²) in [5.41, 5.74) is 5.39. The Labute approximate surface area is 116 Å². The number of nitrogens with one attached hydrogen (secondary N) is 1. The van der Waals surface area contributed by atoms with E-state index in [4.69, 9.17) is 5.73 Å². The average molecular weight is 265 g/mol. The molecular weight excluding hydrogens is 238 g/mol. The van der Waals surface area contributed by atoms with Gasteiger partial charge in [-0.25, -0.2) is 0 Å². The second kappa shape index (κ2) is 5.41. The summed E-state index contributed by atoms with van der Waals surface area (Å²) in [6.45, 7) is 3.59. The molecule has 1 saturated heterocycles. The predicted octanol–water partition coefficient (Wildman–Crippen LogP) is 1.25. The Hall–Kier alpha value is -0.610. The van der Waals surface area contributed by atoms with Gasteiger partial charge in [-0.05, 0) is 51.9 Å². The summed E-state index contributed by atoms with van der Waals surface area (Å²) < 4.78 is 0. The molecular formula is C15H27N3O. The maximum absolute atomic E-state index is 11.2. The molecule has 4 heteroatoms. The molecule has 2 atom stereocenters. The third kappa shape index (κ3) is 3.11. The molecule has 2 saturated carbocycles. The van der Waals surface area contributed by atoms with E-state index < -0.39 is 0 Å². The van der Waals surface area contributed by atoms with Gasteiger partial charge in [0.2, 0.25) is 5.91 Å². The quantitative estimate of drug-likeness (QED) is 0.804. The Morgan fingerprint density at radius 3 is 2.37 bits per heavy atom. The Balaban J connectivity index is 1.44. The van der Waals surface area contributed by atoms with E-state index in [2.05, 4.69) is 17.1 Å². The van der Waals surface area contributed by atoms with Gasteiger partial charge >= 0.3 is 0 Å². The van der Waals surface area contributed by atoms with Crippen LogP contribution in [0.3, 0.4) is 0 Å². The topological polar surface area (TPSA) is 58.4 Å². The Kier molecular flexibility index (Phi) is 3.81. The van der Waals surface area contributed by atoms with Crippen LogP contribution in [0.1, 0.15) is 51.9 Å². The van der Waals surface area contributed by atoms with Gasteiger partial charge in [0.05, 0.1) is 0 Å². The molecule has 3 rings (SSSR count). The highest BCUT2D eigenvalue weighted by Gasteiger charge is 2.39. The van der Waals surface area contributed by atoms with Crippen molar-refractivity contribution in [3.05, 3.63) is 0 Å². The third-order valence-electron chi connectivity index (χ3n) is 5.24. The fourth-order valence-electron chi connectivity index (χ4n) is 3.97. The highest BCUT2D eigenvalue weighted by atomic mass is 16.1. The van der Waals surface area contributed by atoms with Gasteiger partial charge in [0.1, 0.15) is 0 Å². The molecule has 0 bridgehead atoms. The van der Waals surface area contributed by atoms with Crippen LogP contribution in [0.25, 0.3) is 0 Å². The molecule has 19 heavy (non-hydrogen) atoms. The van der Waals surface area contributed by atoms with E-state index in [1.807, 2.05) is 0 Å². The van der Waals surface area contributed by atoms with E-state index >= 15 is 0 Å². The first-order valence-electron chi connectivity index (χ1n) is 7.94. The van der Waals surface area contributed by atoms with Gasteiger partial charge < -0.3 is 11.1 Å². The molecule has 3 N–H and O–H groups in total. The van der Waals surface area contributed by atoms with Crippen LogP contribution in [0.5, 0.6) is 0 Å². The van der Waals surface area contributed by atoms with E-state index in [0.29, 0.717) is 12.1 Å². The molecule has 0 aromatic carbocycles.